The van der Waals surface area contributed by atoms with Crippen LogP contribution in [0.15, 0.2) is 11.6 Å². The third-order valence-corrected chi connectivity index (χ3v) is 12.1. The summed E-state index contributed by atoms with van der Waals surface area (Å²) in [5.74, 6) is -1.42. The lowest BCUT2D eigenvalue weighted by molar-refractivity contribution is -0.319. The fourth-order valence-corrected chi connectivity index (χ4v) is 9.74. The monoisotopic (exact) mass is 566 g/mol. The fourth-order valence-electron chi connectivity index (χ4n) is 9.74. The number of carbonyl (C=O) groups excluding carboxylic acids is 2. The molecule has 0 unspecified atom stereocenters. The molecule has 6 N–H and O–H groups in total. The number of esters is 1. The van der Waals surface area contributed by atoms with E-state index < -0.39 is 76.8 Å². The lowest BCUT2D eigenvalue weighted by Crippen LogP contribution is -2.71. The quantitative estimate of drug-likeness (QED) is 0.149. The molecule has 5 fully saturated rings. The summed E-state index contributed by atoms with van der Waals surface area (Å²) in [7, 11) is 0. The van der Waals surface area contributed by atoms with Crippen LogP contribution in [0.25, 0.3) is 0 Å². The summed E-state index contributed by atoms with van der Waals surface area (Å²) in [5.41, 5.74) is -4.09. The zero-order valence-electron chi connectivity index (χ0n) is 23.0. The average molecular weight is 567 g/mol. The molecule has 4 aliphatic carbocycles. The van der Waals surface area contributed by atoms with Gasteiger partial charge in [-0.15, -0.1) is 0 Å². The van der Waals surface area contributed by atoms with Gasteiger partial charge < -0.3 is 49.6 Å². The van der Waals surface area contributed by atoms with Crippen LogP contribution >= 0.6 is 0 Å². The predicted molar refractivity (Wildman–Crippen MR) is 136 cm³/mol. The van der Waals surface area contributed by atoms with E-state index in [-0.39, 0.29) is 44.1 Å². The minimum atomic E-state index is -1.47. The number of cyclic esters (lactones) is 1. The van der Waals surface area contributed by atoms with Gasteiger partial charge in [0, 0.05) is 17.9 Å². The molecule has 0 spiro atoms. The molecule has 224 valence electrons. The van der Waals surface area contributed by atoms with Gasteiger partial charge >= 0.3 is 5.97 Å². The third kappa shape index (κ3) is 3.71. The van der Waals surface area contributed by atoms with E-state index in [9.17, 15) is 40.2 Å². The maximum atomic E-state index is 13.0. The van der Waals surface area contributed by atoms with E-state index in [2.05, 4.69) is 0 Å². The van der Waals surface area contributed by atoms with Gasteiger partial charge in [0.15, 0.2) is 6.29 Å². The maximum absolute atomic E-state index is 13.0. The van der Waals surface area contributed by atoms with Crippen LogP contribution in [0.3, 0.4) is 0 Å². The highest BCUT2D eigenvalue weighted by molar-refractivity contribution is 5.85. The van der Waals surface area contributed by atoms with Crippen LogP contribution in [0, 0.1) is 28.6 Å². The number of fused-ring (bicyclic) bond motifs is 5. The van der Waals surface area contributed by atoms with Gasteiger partial charge in [-0.1, -0.05) is 6.92 Å². The van der Waals surface area contributed by atoms with Crippen molar-refractivity contribution < 1.29 is 54.4 Å². The van der Waals surface area contributed by atoms with E-state index in [1.54, 1.807) is 6.92 Å². The van der Waals surface area contributed by atoms with Crippen molar-refractivity contribution in [2.24, 2.45) is 28.6 Å². The smallest absolute Gasteiger partial charge is 0.331 e. The molecule has 0 aromatic heterocycles. The molecule has 2 aliphatic heterocycles. The molecule has 0 aromatic carbocycles. The Morgan fingerprint density at radius 2 is 1.75 bits per heavy atom. The van der Waals surface area contributed by atoms with Crippen molar-refractivity contribution in [1.29, 1.82) is 0 Å². The number of aliphatic hydroxyl groups is 6. The Kier molecular flexibility index (Phi) is 6.83. The van der Waals surface area contributed by atoms with E-state index in [1.807, 2.05) is 6.92 Å². The first kappa shape index (κ1) is 28.7. The number of hydrogen-bond acceptors (Lipinski definition) is 11. The second kappa shape index (κ2) is 9.54. The highest BCUT2D eigenvalue weighted by Crippen LogP contribution is 2.70. The molecule has 1 saturated heterocycles. The molecule has 0 radical (unpaired) electrons. The number of aliphatic hydroxyl groups excluding tert-OH is 4. The van der Waals surface area contributed by atoms with Crippen LogP contribution in [0.2, 0.25) is 0 Å². The second-order valence-corrected chi connectivity index (χ2v) is 13.5. The molecule has 40 heavy (non-hydrogen) atoms. The molecule has 2 heterocycles. The van der Waals surface area contributed by atoms with Crippen LogP contribution < -0.4 is 0 Å². The molecular weight excluding hydrogens is 524 g/mol. The SMILES string of the molecule is C[C@H]1O[C@H](O[C@H]2CC[C@]3(C=O)[C@@H]4C[C@@H](O)[C@]5(C)[C@H](C6=CC(=O)OC6)CC[C@]5(O)[C@H]4CC[C@@]3(O)C2)[C@H](O)[C@H](O)[C@H]1O. The van der Waals surface area contributed by atoms with Crippen LogP contribution in [-0.2, 0) is 23.8 Å². The van der Waals surface area contributed by atoms with Crippen LogP contribution in [0.5, 0.6) is 0 Å². The first-order valence-electron chi connectivity index (χ1n) is 14.6. The summed E-state index contributed by atoms with van der Waals surface area (Å²) in [6, 6.07) is 0. The highest BCUT2D eigenvalue weighted by Gasteiger charge is 2.74. The number of hydrogen-bond donors (Lipinski definition) is 6. The van der Waals surface area contributed by atoms with Gasteiger partial charge in [-0.3, -0.25) is 0 Å². The zero-order valence-corrected chi connectivity index (χ0v) is 23.0. The van der Waals surface area contributed by atoms with Gasteiger partial charge in [0.25, 0.3) is 0 Å². The van der Waals surface area contributed by atoms with Gasteiger partial charge in [-0.2, -0.15) is 0 Å². The summed E-state index contributed by atoms with van der Waals surface area (Å²) >= 11 is 0. The topological polar surface area (TPSA) is 183 Å². The van der Waals surface area contributed by atoms with Crippen LogP contribution in [-0.4, -0.2) is 104 Å². The summed E-state index contributed by atoms with van der Waals surface area (Å²) in [5, 5.41) is 66.7. The van der Waals surface area contributed by atoms with Crippen molar-refractivity contribution >= 4 is 12.3 Å². The Bertz CT molecular complexity index is 1080. The predicted octanol–water partition coefficient (Wildman–Crippen LogP) is -0.279. The van der Waals surface area contributed by atoms with Gasteiger partial charge in [-0.25, -0.2) is 4.79 Å². The summed E-state index contributed by atoms with van der Waals surface area (Å²) in [6.07, 6.45) is -2.70. The molecule has 0 amide bonds. The molecule has 0 bridgehead atoms. The number of rotatable bonds is 4. The van der Waals surface area contributed by atoms with Gasteiger partial charge in [0.1, 0.15) is 31.2 Å². The fraction of sp³-hybridized carbons (Fsp3) is 0.862. The Balaban J connectivity index is 1.25. The molecule has 0 aromatic rings. The maximum Gasteiger partial charge on any atom is 0.331 e. The van der Waals surface area contributed by atoms with E-state index in [1.165, 1.54) is 6.08 Å². The molecule has 6 rings (SSSR count). The Morgan fingerprint density at radius 3 is 2.42 bits per heavy atom. The first-order valence-corrected chi connectivity index (χ1v) is 14.6. The first-order chi connectivity index (χ1) is 18.8. The third-order valence-electron chi connectivity index (χ3n) is 12.1. The largest absolute Gasteiger partial charge is 0.458 e. The van der Waals surface area contributed by atoms with Gasteiger partial charge in [0.05, 0.1) is 34.9 Å². The lowest BCUT2D eigenvalue weighted by Gasteiger charge is -2.66. The minimum Gasteiger partial charge on any atom is -0.458 e. The zero-order chi connectivity index (χ0) is 28.8. The van der Waals surface area contributed by atoms with Crippen molar-refractivity contribution in [2.75, 3.05) is 6.61 Å². The van der Waals surface area contributed by atoms with E-state index in [0.29, 0.717) is 25.7 Å². The van der Waals surface area contributed by atoms with E-state index in [4.69, 9.17) is 14.2 Å². The van der Waals surface area contributed by atoms with Crippen LogP contribution in [0.1, 0.15) is 65.2 Å². The standard InChI is InChI=1S/C29H42O11/c1-14-22(33)23(34)24(35)25(39-14)40-16-3-6-27(13-30)19-10-20(31)26(2)17(15-9-21(32)38-12-15)5-8-29(26,37)18(19)4-7-28(27,36)11-16/h9,13-14,16-20,22-25,31,33-37H,3-8,10-12H2,1-2H3/t14-,16+,17+,18+,19-,20-,22+,23-,24-,25-,26+,27+,28-,29+/m1/s1. The number of ether oxygens (including phenoxy) is 3. The molecular formula is C29H42O11. The Labute approximate surface area is 233 Å². The molecule has 4 saturated carbocycles. The van der Waals surface area contributed by atoms with Crippen molar-refractivity contribution in [2.45, 2.75) is 119 Å². The molecule has 6 aliphatic rings. The summed E-state index contributed by atoms with van der Waals surface area (Å²) in [6.45, 7) is 3.61. The van der Waals surface area contributed by atoms with Gasteiger partial charge in [0.2, 0.25) is 0 Å². The van der Waals surface area contributed by atoms with E-state index in [0.717, 1.165) is 11.9 Å². The number of carbonyl (C=O) groups is 2. The van der Waals surface area contributed by atoms with Gasteiger partial charge in [-0.05, 0) is 75.2 Å². The number of aldehydes is 1. The van der Waals surface area contributed by atoms with Crippen molar-refractivity contribution in [3.8, 4) is 0 Å². The molecule has 14 atom stereocenters. The van der Waals surface area contributed by atoms with Crippen molar-refractivity contribution in [3.63, 3.8) is 0 Å². The average Bonchev–Trinajstić information content (AvgIpc) is 3.46. The van der Waals surface area contributed by atoms with E-state index >= 15 is 0 Å². The Morgan fingerprint density at radius 1 is 1.00 bits per heavy atom. The molecule has 11 heteroatoms. The van der Waals surface area contributed by atoms with Crippen molar-refractivity contribution in [3.05, 3.63) is 11.6 Å². The Hall–Kier alpha value is -1.44. The van der Waals surface area contributed by atoms with Crippen LogP contribution in [0.4, 0.5) is 0 Å². The normalized spacial score (nSPS) is 56.0. The van der Waals surface area contributed by atoms with Crippen molar-refractivity contribution in [1.82, 2.24) is 0 Å². The lowest BCUT2D eigenvalue weighted by atomic mass is 9.41. The molecule has 11 nitrogen and oxygen atoms in total. The summed E-state index contributed by atoms with van der Waals surface area (Å²) < 4.78 is 16.8. The minimum absolute atomic E-state index is 0.0926. The summed E-state index contributed by atoms with van der Waals surface area (Å²) in [4.78, 5) is 24.8. The highest BCUT2D eigenvalue weighted by atomic mass is 16.7. The second-order valence-electron chi connectivity index (χ2n) is 13.5.